The maximum atomic E-state index is 11.9. The molecule has 3 nitrogen and oxygen atoms in total. The van der Waals surface area contributed by atoms with E-state index in [4.69, 9.17) is 0 Å². The van der Waals surface area contributed by atoms with Crippen LogP contribution in [0.2, 0.25) is 0 Å². The number of rotatable bonds is 2. The molecule has 2 rings (SSSR count). The third-order valence-electron chi connectivity index (χ3n) is 3.66. The largest absolute Gasteiger partial charge is 0.296 e. The first-order chi connectivity index (χ1) is 8.82. The third kappa shape index (κ3) is 2.89. The zero-order chi connectivity index (χ0) is 14.2. The highest BCUT2D eigenvalue weighted by atomic mass is 32.1. The summed E-state index contributed by atoms with van der Waals surface area (Å²) in [5, 5.41) is 2.44. The number of thiophene rings is 1. The zero-order valence-electron chi connectivity index (χ0n) is 11.9. The number of piperidine rings is 1. The average Bonchev–Trinajstić information content (AvgIpc) is 2.76. The molecule has 1 aliphatic rings. The van der Waals surface area contributed by atoms with Crippen LogP contribution in [0.4, 0.5) is 0 Å². The lowest BCUT2D eigenvalue weighted by molar-refractivity contribution is -0.137. The smallest absolute Gasteiger partial charge is 0.230 e. The summed E-state index contributed by atoms with van der Waals surface area (Å²) in [6, 6.07) is 4.22. The summed E-state index contributed by atoms with van der Waals surface area (Å²) in [5.41, 5.74) is 0.117. The number of carbonyl (C=O) groups is 2. The quantitative estimate of drug-likeness (QED) is 0.845. The van der Waals surface area contributed by atoms with Crippen molar-refractivity contribution in [2.75, 3.05) is 0 Å². The molecule has 2 amide bonds. The van der Waals surface area contributed by atoms with Gasteiger partial charge in [0.1, 0.15) is 0 Å². The average molecular weight is 279 g/mol. The summed E-state index contributed by atoms with van der Waals surface area (Å²) in [5.74, 6) is -0.295. The molecule has 0 saturated carbocycles. The van der Waals surface area contributed by atoms with Gasteiger partial charge in [-0.25, -0.2) is 0 Å². The van der Waals surface area contributed by atoms with Crippen LogP contribution >= 0.6 is 11.3 Å². The SMILES string of the molecule is CCC1C(=O)NC(=O)CC1c1ccc(C(C)(C)C)s1. The van der Waals surface area contributed by atoms with Gasteiger partial charge in [-0.2, -0.15) is 0 Å². The Labute approximate surface area is 118 Å². The van der Waals surface area contributed by atoms with E-state index in [-0.39, 0.29) is 29.1 Å². The molecule has 2 unspecified atom stereocenters. The Bertz CT molecular complexity index is 498. The van der Waals surface area contributed by atoms with Gasteiger partial charge >= 0.3 is 0 Å². The Morgan fingerprint density at radius 2 is 2.00 bits per heavy atom. The van der Waals surface area contributed by atoms with Crippen molar-refractivity contribution in [2.45, 2.75) is 51.9 Å². The Morgan fingerprint density at radius 1 is 1.32 bits per heavy atom. The van der Waals surface area contributed by atoms with Crippen molar-refractivity contribution >= 4 is 23.2 Å². The van der Waals surface area contributed by atoms with Crippen LogP contribution in [-0.2, 0) is 15.0 Å². The second kappa shape index (κ2) is 5.08. The van der Waals surface area contributed by atoms with Crippen molar-refractivity contribution in [2.24, 2.45) is 5.92 Å². The van der Waals surface area contributed by atoms with Crippen LogP contribution in [0.3, 0.4) is 0 Å². The van der Waals surface area contributed by atoms with Gasteiger partial charge in [-0.1, -0.05) is 27.7 Å². The highest BCUT2D eigenvalue weighted by Crippen LogP contribution is 2.39. The predicted molar refractivity (Wildman–Crippen MR) is 77.3 cm³/mol. The molecular formula is C15H21NO2S. The van der Waals surface area contributed by atoms with Crippen molar-refractivity contribution in [1.29, 1.82) is 0 Å². The minimum Gasteiger partial charge on any atom is -0.296 e. The molecular weight excluding hydrogens is 258 g/mol. The number of carbonyl (C=O) groups excluding carboxylic acids is 2. The summed E-state index contributed by atoms with van der Waals surface area (Å²) >= 11 is 1.74. The van der Waals surface area contributed by atoms with E-state index in [1.54, 1.807) is 11.3 Å². The Morgan fingerprint density at radius 3 is 2.53 bits per heavy atom. The van der Waals surface area contributed by atoms with Gasteiger partial charge in [0, 0.05) is 28.0 Å². The standard InChI is InChI=1S/C15H21NO2S/c1-5-9-10(8-13(17)16-14(9)18)11-6-7-12(19-11)15(2,3)4/h6-7,9-10H,5,8H2,1-4H3,(H,16,17,18). The molecule has 0 aromatic carbocycles. The van der Waals surface area contributed by atoms with E-state index < -0.39 is 0 Å². The first-order valence-corrected chi connectivity index (χ1v) is 7.58. The fourth-order valence-corrected chi connectivity index (χ4v) is 3.76. The first kappa shape index (κ1) is 14.3. The van der Waals surface area contributed by atoms with Crippen molar-refractivity contribution in [3.8, 4) is 0 Å². The molecule has 1 fully saturated rings. The number of amides is 2. The second-order valence-corrected chi connectivity index (χ2v) is 7.31. The maximum Gasteiger partial charge on any atom is 0.230 e. The molecule has 2 atom stereocenters. The fourth-order valence-electron chi connectivity index (χ4n) is 2.53. The van der Waals surface area contributed by atoms with Gasteiger partial charge in [0.2, 0.25) is 11.8 Å². The number of hydrogen-bond acceptors (Lipinski definition) is 3. The van der Waals surface area contributed by atoms with Gasteiger partial charge in [0.15, 0.2) is 0 Å². The lowest BCUT2D eigenvalue weighted by Gasteiger charge is -2.28. The van der Waals surface area contributed by atoms with Crippen molar-refractivity contribution in [3.05, 3.63) is 21.9 Å². The molecule has 2 heterocycles. The number of hydrogen-bond donors (Lipinski definition) is 1. The summed E-state index contributed by atoms with van der Waals surface area (Å²) in [4.78, 5) is 26.0. The normalized spacial score (nSPS) is 24.4. The van der Waals surface area contributed by atoms with E-state index in [1.165, 1.54) is 9.75 Å². The van der Waals surface area contributed by atoms with E-state index in [9.17, 15) is 9.59 Å². The second-order valence-electron chi connectivity index (χ2n) is 6.19. The van der Waals surface area contributed by atoms with E-state index in [1.807, 2.05) is 6.92 Å². The monoisotopic (exact) mass is 279 g/mol. The summed E-state index contributed by atoms with van der Waals surface area (Å²) in [6.07, 6.45) is 1.20. The highest BCUT2D eigenvalue weighted by Gasteiger charge is 2.36. The van der Waals surface area contributed by atoms with Gasteiger partial charge < -0.3 is 0 Å². The Balaban J connectivity index is 2.30. The lowest BCUT2D eigenvalue weighted by Crippen LogP contribution is -2.44. The first-order valence-electron chi connectivity index (χ1n) is 6.77. The molecule has 1 N–H and O–H groups in total. The minimum atomic E-state index is -0.148. The summed E-state index contributed by atoms with van der Waals surface area (Å²) < 4.78 is 0. The van der Waals surface area contributed by atoms with Crippen molar-refractivity contribution in [3.63, 3.8) is 0 Å². The molecule has 19 heavy (non-hydrogen) atoms. The van der Waals surface area contributed by atoms with Crippen LogP contribution < -0.4 is 5.32 Å². The van der Waals surface area contributed by atoms with Gasteiger partial charge in [0.05, 0.1) is 0 Å². The molecule has 1 aromatic rings. The van der Waals surface area contributed by atoms with Crippen molar-refractivity contribution < 1.29 is 9.59 Å². The molecule has 1 aromatic heterocycles. The van der Waals surface area contributed by atoms with Crippen molar-refractivity contribution in [1.82, 2.24) is 5.32 Å². The van der Waals surface area contributed by atoms with Gasteiger partial charge in [-0.15, -0.1) is 11.3 Å². The topological polar surface area (TPSA) is 46.2 Å². The fraction of sp³-hybridized carbons (Fsp3) is 0.600. The molecule has 0 bridgehead atoms. The highest BCUT2D eigenvalue weighted by molar-refractivity contribution is 7.12. The van der Waals surface area contributed by atoms with Crippen LogP contribution in [0.25, 0.3) is 0 Å². The zero-order valence-corrected chi connectivity index (χ0v) is 12.8. The molecule has 0 spiro atoms. The lowest BCUT2D eigenvalue weighted by atomic mass is 9.82. The number of nitrogens with one attached hydrogen (secondary N) is 1. The van der Waals surface area contributed by atoms with Crippen LogP contribution in [0.1, 0.15) is 56.2 Å². The van der Waals surface area contributed by atoms with Crippen LogP contribution in [0, 0.1) is 5.92 Å². The van der Waals surface area contributed by atoms with E-state index in [0.717, 1.165) is 6.42 Å². The molecule has 1 aliphatic heterocycles. The molecule has 104 valence electrons. The van der Waals surface area contributed by atoms with E-state index >= 15 is 0 Å². The molecule has 1 saturated heterocycles. The van der Waals surface area contributed by atoms with E-state index in [0.29, 0.717) is 6.42 Å². The van der Waals surface area contributed by atoms with Gasteiger partial charge in [-0.3, -0.25) is 14.9 Å². The molecule has 0 aliphatic carbocycles. The van der Waals surface area contributed by atoms with Gasteiger partial charge in [0.25, 0.3) is 0 Å². The number of imide groups is 1. The van der Waals surface area contributed by atoms with E-state index in [2.05, 4.69) is 38.2 Å². The predicted octanol–water partition coefficient (Wildman–Crippen LogP) is 3.20. The van der Waals surface area contributed by atoms with Crippen LogP contribution in [0.15, 0.2) is 12.1 Å². The Kier molecular flexibility index (Phi) is 3.81. The molecule has 0 radical (unpaired) electrons. The summed E-state index contributed by atoms with van der Waals surface area (Å²) in [6.45, 7) is 8.54. The Hall–Kier alpha value is -1.16. The third-order valence-corrected chi connectivity index (χ3v) is 5.30. The minimum absolute atomic E-state index is 0.0485. The molecule has 4 heteroatoms. The van der Waals surface area contributed by atoms with Crippen LogP contribution in [0.5, 0.6) is 0 Å². The maximum absolute atomic E-state index is 11.9. The summed E-state index contributed by atoms with van der Waals surface area (Å²) in [7, 11) is 0. The van der Waals surface area contributed by atoms with Crippen LogP contribution in [-0.4, -0.2) is 11.8 Å². The van der Waals surface area contributed by atoms with Gasteiger partial charge in [-0.05, 0) is 24.0 Å².